The summed E-state index contributed by atoms with van der Waals surface area (Å²) in [6, 6.07) is 2.23. The van der Waals surface area contributed by atoms with Crippen molar-refractivity contribution in [2.45, 2.75) is 12.8 Å². The molecular formula is C10H9BrF2N2. The second kappa shape index (κ2) is 4.26. The van der Waals surface area contributed by atoms with Crippen molar-refractivity contribution in [1.29, 1.82) is 0 Å². The number of nitrogens with one attached hydrogen (secondary N) is 1. The Kier molecular flexibility index (Phi) is 3.00. The molecule has 0 aromatic heterocycles. The van der Waals surface area contributed by atoms with E-state index in [0.717, 1.165) is 31.3 Å². The molecule has 0 aliphatic carbocycles. The number of hydrogen-bond acceptors (Lipinski definition) is 2. The van der Waals surface area contributed by atoms with Crippen LogP contribution >= 0.6 is 15.9 Å². The van der Waals surface area contributed by atoms with Crippen LogP contribution in [0.5, 0.6) is 0 Å². The Morgan fingerprint density at radius 3 is 2.73 bits per heavy atom. The van der Waals surface area contributed by atoms with Crippen LogP contribution in [0.2, 0.25) is 0 Å². The first-order chi connectivity index (χ1) is 7.16. The van der Waals surface area contributed by atoms with Crippen molar-refractivity contribution in [2.24, 2.45) is 4.99 Å². The molecule has 0 fully saturated rings. The first-order valence-electron chi connectivity index (χ1n) is 4.62. The van der Waals surface area contributed by atoms with E-state index in [4.69, 9.17) is 0 Å². The number of hydrogen-bond donors (Lipinski definition) is 1. The van der Waals surface area contributed by atoms with E-state index in [1.807, 2.05) is 0 Å². The van der Waals surface area contributed by atoms with E-state index in [2.05, 4.69) is 26.2 Å². The van der Waals surface area contributed by atoms with Crippen LogP contribution in [-0.4, -0.2) is 12.4 Å². The highest BCUT2D eigenvalue weighted by molar-refractivity contribution is 9.10. The highest BCUT2D eigenvalue weighted by atomic mass is 79.9. The molecule has 80 valence electrons. The summed E-state index contributed by atoms with van der Waals surface area (Å²) >= 11 is 3.01. The molecule has 2 rings (SSSR count). The molecule has 0 unspecified atom stereocenters. The van der Waals surface area contributed by atoms with E-state index in [0.29, 0.717) is 0 Å². The van der Waals surface area contributed by atoms with Gasteiger partial charge in [0.1, 0.15) is 17.5 Å². The van der Waals surface area contributed by atoms with Gasteiger partial charge in [-0.05, 0) is 28.4 Å². The maximum atomic E-state index is 13.3. The zero-order valence-corrected chi connectivity index (χ0v) is 9.44. The van der Waals surface area contributed by atoms with Crippen LogP contribution in [0.25, 0.3) is 0 Å². The summed E-state index contributed by atoms with van der Waals surface area (Å²) < 4.78 is 26.5. The van der Waals surface area contributed by atoms with Crippen LogP contribution in [-0.2, 0) is 0 Å². The maximum absolute atomic E-state index is 13.3. The van der Waals surface area contributed by atoms with Gasteiger partial charge in [0.15, 0.2) is 0 Å². The van der Waals surface area contributed by atoms with Gasteiger partial charge in [-0.1, -0.05) is 0 Å². The highest BCUT2D eigenvalue weighted by Gasteiger charge is 2.11. The first-order valence-corrected chi connectivity index (χ1v) is 5.41. The van der Waals surface area contributed by atoms with Crippen molar-refractivity contribution < 1.29 is 8.78 Å². The minimum Gasteiger partial charge on any atom is -0.342 e. The monoisotopic (exact) mass is 274 g/mol. The van der Waals surface area contributed by atoms with Gasteiger partial charge in [-0.25, -0.2) is 8.78 Å². The van der Waals surface area contributed by atoms with E-state index in [1.165, 1.54) is 6.07 Å². The number of aliphatic imine (C=N–C) groups is 1. The number of anilines is 1. The molecule has 0 atom stereocenters. The molecule has 0 radical (unpaired) electrons. The lowest BCUT2D eigenvalue weighted by Gasteiger charge is -2.07. The third kappa shape index (κ3) is 2.34. The van der Waals surface area contributed by atoms with E-state index >= 15 is 0 Å². The molecule has 5 heteroatoms. The molecule has 1 aliphatic rings. The first kappa shape index (κ1) is 10.5. The molecule has 0 amide bonds. The topological polar surface area (TPSA) is 24.4 Å². The summed E-state index contributed by atoms with van der Waals surface area (Å²) in [5.41, 5.74) is 0.254. The number of benzene rings is 1. The second-order valence-corrected chi connectivity index (χ2v) is 4.16. The highest BCUT2D eigenvalue weighted by Crippen LogP contribution is 2.24. The van der Waals surface area contributed by atoms with Gasteiger partial charge >= 0.3 is 0 Å². The molecule has 0 saturated heterocycles. The molecular weight excluding hydrogens is 266 g/mol. The molecule has 0 bridgehead atoms. The fraction of sp³-hybridized carbons (Fsp3) is 0.300. The molecule has 1 N–H and O–H groups in total. The van der Waals surface area contributed by atoms with Crippen LogP contribution in [0, 0.1) is 11.6 Å². The zero-order valence-electron chi connectivity index (χ0n) is 7.86. The van der Waals surface area contributed by atoms with Gasteiger partial charge in [-0.15, -0.1) is 0 Å². The van der Waals surface area contributed by atoms with Crippen LogP contribution in [0.3, 0.4) is 0 Å². The third-order valence-corrected chi connectivity index (χ3v) is 2.77. The van der Waals surface area contributed by atoms with Crippen molar-refractivity contribution in [3.05, 3.63) is 28.2 Å². The van der Waals surface area contributed by atoms with E-state index in [9.17, 15) is 8.78 Å². The van der Waals surface area contributed by atoms with Gasteiger partial charge in [-0.3, -0.25) is 4.99 Å². The van der Waals surface area contributed by atoms with Crippen molar-refractivity contribution in [2.75, 3.05) is 11.9 Å². The van der Waals surface area contributed by atoms with E-state index in [-0.39, 0.29) is 10.2 Å². The van der Waals surface area contributed by atoms with Crippen molar-refractivity contribution in [3.8, 4) is 0 Å². The summed E-state index contributed by atoms with van der Waals surface area (Å²) in [5.74, 6) is -0.455. The Bertz CT molecular complexity index is 418. The largest absolute Gasteiger partial charge is 0.342 e. The molecule has 0 spiro atoms. The standard InChI is InChI=1S/C10H9BrF2N2/c11-6-4-9(8(13)5-7(6)12)15-10-2-1-3-14-10/h4-5H,1-3H2,(H,14,15). The molecule has 15 heavy (non-hydrogen) atoms. The van der Waals surface area contributed by atoms with Crippen LogP contribution < -0.4 is 5.32 Å². The molecule has 2 nitrogen and oxygen atoms in total. The predicted molar refractivity (Wildman–Crippen MR) is 59.2 cm³/mol. The lowest BCUT2D eigenvalue weighted by molar-refractivity contribution is 0.581. The lowest BCUT2D eigenvalue weighted by Crippen LogP contribution is -2.10. The Morgan fingerprint density at radius 2 is 2.07 bits per heavy atom. The minimum absolute atomic E-state index is 0.241. The van der Waals surface area contributed by atoms with Gasteiger partial charge in [0.2, 0.25) is 0 Å². The summed E-state index contributed by atoms with van der Waals surface area (Å²) in [6.45, 7) is 0.770. The molecule has 0 saturated carbocycles. The molecule has 1 aliphatic heterocycles. The Hall–Kier alpha value is -0.970. The zero-order chi connectivity index (χ0) is 10.8. The van der Waals surface area contributed by atoms with Crippen LogP contribution in [0.1, 0.15) is 12.8 Å². The summed E-state index contributed by atoms with van der Waals surface area (Å²) in [5, 5.41) is 2.86. The van der Waals surface area contributed by atoms with E-state index in [1.54, 1.807) is 0 Å². The van der Waals surface area contributed by atoms with Crippen molar-refractivity contribution in [1.82, 2.24) is 0 Å². The van der Waals surface area contributed by atoms with Gasteiger partial charge in [0, 0.05) is 19.0 Å². The summed E-state index contributed by atoms with van der Waals surface area (Å²) in [7, 11) is 0. The number of rotatable bonds is 1. The second-order valence-electron chi connectivity index (χ2n) is 3.30. The average molecular weight is 275 g/mol. The van der Waals surface area contributed by atoms with Crippen molar-refractivity contribution in [3.63, 3.8) is 0 Å². The normalized spacial score (nSPS) is 15.3. The van der Waals surface area contributed by atoms with Gasteiger partial charge in [0.25, 0.3) is 0 Å². The third-order valence-electron chi connectivity index (χ3n) is 2.16. The van der Waals surface area contributed by atoms with Gasteiger partial charge in [0.05, 0.1) is 10.2 Å². The summed E-state index contributed by atoms with van der Waals surface area (Å²) in [6.07, 6.45) is 1.79. The van der Waals surface area contributed by atoms with Crippen molar-refractivity contribution >= 4 is 27.5 Å². The fourth-order valence-corrected chi connectivity index (χ4v) is 1.76. The summed E-state index contributed by atoms with van der Waals surface area (Å²) in [4.78, 5) is 4.15. The van der Waals surface area contributed by atoms with Gasteiger partial charge < -0.3 is 5.32 Å². The predicted octanol–water partition coefficient (Wildman–Crippen LogP) is 3.33. The number of amidine groups is 1. The minimum atomic E-state index is -0.606. The maximum Gasteiger partial charge on any atom is 0.149 e. The number of nitrogens with zero attached hydrogens (tertiary/aromatic N) is 1. The van der Waals surface area contributed by atoms with Crippen LogP contribution in [0.15, 0.2) is 21.6 Å². The Labute approximate surface area is 94.5 Å². The Morgan fingerprint density at radius 1 is 1.27 bits per heavy atom. The number of halogens is 3. The molecule has 1 aromatic rings. The lowest BCUT2D eigenvalue weighted by atomic mass is 10.2. The Balaban J connectivity index is 2.24. The fourth-order valence-electron chi connectivity index (χ4n) is 1.42. The smallest absolute Gasteiger partial charge is 0.149 e. The average Bonchev–Trinajstić information content (AvgIpc) is 2.67. The molecule has 1 aromatic carbocycles. The molecule has 1 heterocycles. The SMILES string of the molecule is Fc1cc(F)c(NC2=NCCC2)cc1Br. The van der Waals surface area contributed by atoms with Crippen LogP contribution in [0.4, 0.5) is 14.5 Å². The quantitative estimate of drug-likeness (QED) is 0.781. The van der Waals surface area contributed by atoms with E-state index < -0.39 is 11.6 Å². The van der Waals surface area contributed by atoms with Gasteiger partial charge in [-0.2, -0.15) is 0 Å².